The maximum Gasteiger partial charge on any atom is 0.261 e. The largest absolute Gasteiger partial charge is 0.378 e. The third kappa shape index (κ3) is 3.51. The summed E-state index contributed by atoms with van der Waals surface area (Å²) < 4.78 is 6.89. The fourth-order valence-corrected chi connectivity index (χ4v) is 3.25. The van der Waals surface area contributed by atoms with Crippen molar-refractivity contribution in [3.63, 3.8) is 0 Å². The van der Waals surface area contributed by atoms with Crippen molar-refractivity contribution in [2.75, 3.05) is 26.3 Å². The number of carbonyl (C=O) groups is 1. The standard InChI is InChI=1S/C20H27N3O3/c1-13(2)15(4)19-21-18-14(3)6-5-7-16(18)20(25)23(19)12-17(24)22-8-10-26-11-9-22/h5-7,13,15H,8-12H2,1-4H3. The van der Waals surface area contributed by atoms with Gasteiger partial charge in [-0.2, -0.15) is 0 Å². The van der Waals surface area contributed by atoms with Gasteiger partial charge in [-0.15, -0.1) is 0 Å². The molecule has 1 atom stereocenters. The van der Waals surface area contributed by atoms with Crippen LogP contribution in [0.5, 0.6) is 0 Å². The fourth-order valence-electron chi connectivity index (χ4n) is 3.25. The topological polar surface area (TPSA) is 64.4 Å². The minimum atomic E-state index is -0.136. The van der Waals surface area contributed by atoms with Gasteiger partial charge in [0.15, 0.2) is 0 Å². The molecule has 0 bridgehead atoms. The van der Waals surface area contributed by atoms with E-state index in [2.05, 4.69) is 20.8 Å². The highest BCUT2D eigenvalue weighted by molar-refractivity contribution is 5.82. The Kier molecular flexibility index (Phi) is 5.41. The molecule has 0 saturated carbocycles. The van der Waals surface area contributed by atoms with Gasteiger partial charge in [0.05, 0.1) is 24.1 Å². The summed E-state index contributed by atoms with van der Waals surface area (Å²) >= 11 is 0. The van der Waals surface area contributed by atoms with Gasteiger partial charge < -0.3 is 9.64 Å². The molecule has 1 aromatic carbocycles. The molecule has 140 valence electrons. The van der Waals surface area contributed by atoms with Crippen molar-refractivity contribution in [3.8, 4) is 0 Å². The average molecular weight is 357 g/mol. The lowest BCUT2D eigenvalue weighted by atomic mass is 9.96. The second kappa shape index (κ2) is 7.58. The number of ether oxygens (including phenoxy) is 1. The molecule has 1 unspecified atom stereocenters. The summed E-state index contributed by atoms with van der Waals surface area (Å²) in [5, 5.41) is 0.569. The second-order valence-corrected chi connectivity index (χ2v) is 7.36. The van der Waals surface area contributed by atoms with Crippen molar-refractivity contribution in [1.29, 1.82) is 0 Å². The van der Waals surface area contributed by atoms with Crippen LogP contribution < -0.4 is 5.56 Å². The number of hydrogen-bond donors (Lipinski definition) is 0. The summed E-state index contributed by atoms with van der Waals surface area (Å²) in [5.74, 6) is 1.02. The van der Waals surface area contributed by atoms with E-state index in [1.54, 1.807) is 15.5 Å². The van der Waals surface area contributed by atoms with Crippen LogP contribution in [0.4, 0.5) is 0 Å². The van der Waals surface area contributed by atoms with Gasteiger partial charge in [-0.1, -0.05) is 32.9 Å². The van der Waals surface area contributed by atoms with E-state index < -0.39 is 0 Å². The number of hydrogen-bond acceptors (Lipinski definition) is 4. The van der Waals surface area contributed by atoms with Crippen molar-refractivity contribution in [2.24, 2.45) is 5.92 Å². The molecule has 2 heterocycles. The number of aromatic nitrogens is 2. The van der Waals surface area contributed by atoms with E-state index in [-0.39, 0.29) is 23.9 Å². The summed E-state index contributed by atoms with van der Waals surface area (Å²) in [6.07, 6.45) is 0. The molecule has 1 saturated heterocycles. The summed E-state index contributed by atoms with van der Waals surface area (Å²) in [6.45, 7) is 10.5. The predicted octanol–water partition coefficient (Wildman–Crippen LogP) is 2.32. The normalized spacial score (nSPS) is 16.3. The molecule has 6 heteroatoms. The number of carbonyl (C=O) groups excluding carboxylic acids is 1. The van der Waals surface area contributed by atoms with Gasteiger partial charge in [0.1, 0.15) is 12.4 Å². The van der Waals surface area contributed by atoms with Gasteiger partial charge in [-0.3, -0.25) is 14.2 Å². The Labute approximate surface area is 153 Å². The van der Waals surface area contributed by atoms with Crippen LogP contribution in [0.15, 0.2) is 23.0 Å². The van der Waals surface area contributed by atoms with Crippen LogP contribution in [-0.4, -0.2) is 46.7 Å². The first-order valence-electron chi connectivity index (χ1n) is 9.25. The van der Waals surface area contributed by atoms with E-state index in [1.807, 2.05) is 19.1 Å². The molecule has 1 amide bonds. The summed E-state index contributed by atoms with van der Waals surface area (Å²) in [7, 11) is 0. The molecule has 0 spiro atoms. The first-order chi connectivity index (χ1) is 12.4. The highest BCUT2D eigenvalue weighted by Crippen LogP contribution is 2.24. The van der Waals surface area contributed by atoms with Crippen molar-refractivity contribution in [2.45, 2.75) is 40.2 Å². The van der Waals surface area contributed by atoms with E-state index >= 15 is 0 Å². The molecule has 0 radical (unpaired) electrons. The lowest BCUT2D eigenvalue weighted by Crippen LogP contribution is -2.44. The molecule has 0 N–H and O–H groups in total. The monoisotopic (exact) mass is 357 g/mol. The van der Waals surface area contributed by atoms with Crippen molar-refractivity contribution < 1.29 is 9.53 Å². The Balaban J connectivity index is 2.09. The van der Waals surface area contributed by atoms with E-state index in [1.165, 1.54) is 0 Å². The Hall–Kier alpha value is -2.21. The lowest BCUT2D eigenvalue weighted by molar-refractivity contribution is -0.136. The minimum absolute atomic E-state index is 0.0299. The molecule has 26 heavy (non-hydrogen) atoms. The zero-order chi connectivity index (χ0) is 18.8. The third-order valence-corrected chi connectivity index (χ3v) is 5.28. The number of rotatable bonds is 4. The second-order valence-electron chi connectivity index (χ2n) is 7.36. The molecule has 1 aromatic heterocycles. The van der Waals surface area contributed by atoms with Gasteiger partial charge in [0, 0.05) is 19.0 Å². The Bertz CT molecular complexity index is 866. The first-order valence-corrected chi connectivity index (χ1v) is 9.25. The molecule has 0 aliphatic carbocycles. The Morgan fingerprint density at radius 1 is 1.23 bits per heavy atom. The number of morpholine rings is 1. The molecule has 2 aromatic rings. The van der Waals surface area contributed by atoms with Crippen LogP contribution in [0.1, 0.15) is 38.1 Å². The molecule has 1 fully saturated rings. The Morgan fingerprint density at radius 3 is 2.58 bits per heavy atom. The van der Waals surface area contributed by atoms with Crippen LogP contribution in [0.2, 0.25) is 0 Å². The smallest absolute Gasteiger partial charge is 0.261 e. The minimum Gasteiger partial charge on any atom is -0.378 e. The number of amides is 1. The highest BCUT2D eigenvalue weighted by atomic mass is 16.5. The van der Waals surface area contributed by atoms with Crippen LogP contribution in [0.25, 0.3) is 10.9 Å². The molecule has 3 rings (SSSR count). The molecular formula is C20H27N3O3. The average Bonchev–Trinajstić information content (AvgIpc) is 2.64. The van der Waals surface area contributed by atoms with Gasteiger partial charge in [-0.05, 0) is 24.5 Å². The van der Waals surface area contributed by atoms with Crippen molar-refractivity contribution >= 4 is 16.8 Å². The van der Waals surface area contributed by atoms with Crippen LogP contribution >= 0.6 is 0 Å². The lowest BCUT2D eigenvalue weighted by Gasteiger charge is -2.28. The zero-order valence-corrected chi connectivity index (χ0v) is 16.0. The maximum atomic E-state index is 13.2. The van der Waals surface area contributed by atoms with E-state index in [9.17, 15) is 9.59 Å². The van der Waals surface area contributed by atoms with E-state index in [0.29, 0.717) is 43.4 Å². The predicted molar refractivity (Wildman–Crippen MR) is 101 cm³/mol. The number of aryl methyl sites for hydroxylation is 1. The van der Waals surface area contributed by atoms with E-state index in [0.717, 1.165) is 11.1 Å². The van der Waals surface area contributed by atoms with Crippen LogP contribution in [0.3, 0.4) is 0 Å². The van der Waals surface area contributed by atoms with Crippen LogP contribution in [-0.2, 0) is 16.1 Å². The maximum absolute atomic E-state index is 13.2. The molecular weight excluding hydrogens is 330 g/mol. The van der Waals surface area contributed by atoms with E-state index in [4.69, 9.17) is 9.72 Å². The van der Waals surface area contributed by atoms with Gasteiger partial charge in [0.25, 0.3) is 5.56 Å². The number of nitrogens with zero attached hydrogens (tertiary/aromatic N) is 3. The molecule has 1 aliphatic heterocycles. The molecule has 1 aliphatic rings. The SMILES string of the molecule is Cc1cccc2c(=O)n(CC(=O)N3CCOCC3)c(C(C)C(C)C)nc12. The highest BCUT2D eigenvalue weighted by Gasteiger charge is 2.24. The molecule has 6 nitrogen and oxygen atoms in total. The zero-order valence-electron chi connectivity index (χ0n) is 16.0. The van der Waals surface area contributed by atoms with Crippen molar-refractivity contribution in [1.82, 2.24) is 14.5 Å². The fraction of sp³-hybridized carbons (Fsp3) is 0.550. The number of para-hydroxylation sites is 1. The quantitative estimate of drug-likeness (QED) is 0.842. The number of fused-ring (bicyclic) bond motifs is 1. The number of benzene rings is 1. The van der Waals surface area contributed by atoms with Gasteiger partial charge in [0.2, 0.25) is 5.91 Å². The van der Waals surface area contributed by atoms with Gasteiger partial charge >= 0.3 is 0 Å². The summed E-state index contributed by atoms with van der Waals surface area (Å²) in [5.41, 5.74) is 1.57. The van der Waals surface area contributed by atoms with Gasteiger partial charge in [-0.25, -0.2) is 4.98 Å². The van der Waals surface area contributed by atoms with Crippen molar-refractivity contribution in [3.05, 3.63) is 39.9 Å². The summed E-state index contributed by atoms with van der Waals surface area (Å²) in [6, 6.07) is 5.61. The Morgan fingerprint density at radius 2 is 1.92 bits per heavy atom. The third-order valence-electron chi connectivity index (χ3n) is 5.28. The summed E-state index contributed by atoms with van der Waals surface area (Å²) in [4.78, 5) is 32.5. The first kappa shape index (κ1) is 18.6. The van der Waals surface area contributed by atoms with Crippen LogP contribution in [0, 0.1) is 12.8 Å².